The molecule has 1 heterocycles. The Kier molecular flexibility index (Phi) is 7.80. The van der Waals surface area contributed by atoms with Crippen LogP contribution in [0.3, 0.4) is 0 Å². The summed E-state index contributed by atoms with van der Waals surface area (Å²) in [5.41, 5.74) is 0. The molecule has 0 amide bonds. The first-order valence-corrected chi connectivity index (χ1v) is 8.57. The van der Waals surface area contributed by atoms with Gasteiger partial charge in [-0.05, 0) is 56.5 Å². The Morgan fingerprint density at radius 2 is 2.00 bits per heavy atom. The highest BCUT2D eigenvalue weighted by atomic mass is 79.9. The fourth-order valence-corrected chi connectivity index (χ4v) is 5.53. The van der Waals surface area contributed by atoms with E-state index in [1.807, 2.05) is 11.8 Å². The fourth-order valence-electron chi connectivity index (χ4n) is 1.27. The topological polar surface area (TPSA) is 23.8 Å². The van der Waals surface area contributed by atoms with Gasteiger partial charge in [0.1, 0.15) is 0 Å². The van der Waals surface area contributed by atoms with Gasteiger partial charge in [0, 0.05) is 11.3 Å². The molecule has 0 radical (unpaired) electrons. The molecule has 0 aliphatic heterocycles. The molecule has 1 nitrogen and oxygen atoms in total. The highest BCUT2D eigenvalue weighted by Crippen LogP contribution is 2.38. The molecular formula is C11H13Br2NS2. The number of hydrogen-bond acceptors (Lipinski definition) is 3. The molecular weight excluding hydrogens is 370 g/mol. The van der Waals surface area contributed by atoms with Crippen LogP contribution in [0.5, 0.6) is 0 Å². The third-order valence-corrected chi connectivity index (χ3v) is 5.92. The molecule has 1 aromatic rings. The zero-order chi connectivity index (χ0) is 11.8. The SMILES string of the molecule is N#CCCCCCCSc1cc(Br)sc1Br. The first kappa shape index (κ1) is 14.6. The van der Waals surface area contributed by atoms with Crippen molar-refractivity contribution in [2.24, 2.45) is 0 Å². The van der Waals surface area contributed by atoms with Crippen molar-refractivity contribution in [2.75, 3.05) is 5.75 Å². The zero-order valence-electron chi connectivity index (χ0n) is 8.84. The van der Waals surface area contributed by atoms with Crippen LogP contribution in [0.1, 0.15) is 32.1 Å². The van der Waals surface area contributed by atoms with Gasteiger partial charge in [-0.2, -0.15) is 5.26 Å². The standard InChI is InChI=1S/C11H13Br2NS2/c12-10-8-9(11(13)16-10)15-7-5-3-1-2-4-6-14/h8H,1-5,7H2. The van der Waals surface area contributed by atoms with Crippen LogP contribution in [0.2, 0.25) is 0 Å². The van der Waals surface area contributed by atoms with Crippen LogP contribution in [0.15, 0.2) is 18.5 Å². The molecule has 0 saturated heterocycles. The molecule has 0 aromatic carbocycles. The second-order valence-electron chi connectivity index (χ2n) is 3.36. The van der Waals surface area contributed by atoms with Crippen LogP contribution in [-0.4, -0.2) is 5.75 Å². The molecule has 0 saturated carbocycles. The van der Waals surface area contributed by atoms with Crippen LogP contribution in [0.4, 0.5) is 0 Å². The minimum absolute atomic E-state index is 0.705. The van der Waals surface area contributed by atoms with Crippen LogP contribution in [0, 0.1) is 11.3 Å². The van der Waals surface area contributed by atoms with Crippen molar-refractivity contribution in [2.45, 2.75) is 37.0 Å². The average Bonchev–Trinajstić information content (AvgIpc) is 2.56. The van der Waals surface area contributed by atoms with Gasteiger partial charge in [-0.1, -0.05) is 12.8 Å². The van der Waals surface area contributed by atoms with Gasteiger partial charge in [-0.25, -0.2) is 0 Å². The molecule has 0 spiro atoms. The van der Waals surface area contributed by atoms with Gasteiger partial charge in [0.25, 0.3) is 0 Å². The van der Waals surface area contributed by atoms with Crippen molar-refractivity contribution in [1.29, 1.82) is 5.26 Å². The van der Waals surface area contributed by atoms with E-state index >= 15 is 0 Å². The minimum Gasteiger partial charge on any atom is -0.198 e. The van der Waals surface area contributed by atoms with E-state index in [0.29, 0.717) is 6.42 Å². The summed E-state index contributed by atoms with van der Waals surface area (Å²) in [5.74, 6) is 1.16. The Morgan fingerprint density at radius 3 is 2.62 bits per heavy atom. The third-order valence-electron chi connectivity index (χ3n) is 2.07. The van der Waals surface area contributed by atoms with E-state index in [4.69, 9.17) is 5.26 Å². The average molecular weight is 383 g/mol. The molecule has 5 heteroatoms. The van der Waals surface area contributed by atoms with Crippen molar-refractivity contribution in [1.82, 2.24) is 0 Å². The van der Waals surface area contributed by atoms with Crippen LogP contribution in [0.25, 0.3) is 0 Å². The zero-order valence-corrected chi connectivity index (χ0v) is 13.6. The van der Waals surface area contributed by atoms with E-state index in [0.717, 1.165) is 12.2 Å². The Bertz CT molecular complexity index is 357. The van der Waals surface area contributed by atoms with Gasteiger partial charge in [-0.15, -0.1) is 23.1 Å². The molecule has 0 aliphatic carbocycles. The smallest absolute Gasteiger partial charge is 0.0846 e. The summed E-state index contributed by atoms with van der Waals surface area (Å²) in [6, 6.07) is 4.34. The Balaban J connectivity index is 2.08. The highest BCUT2D eigenvalue weighted by molar-refractivity contribution is 9.12. The molecule has 16 heavy (non-hydrogen) atoms. The highest BCUT2D eigenvalue weighted by Gasteiger charge is 2.04. The monoisotopic (exact) mass is 381 g/mol. The molecule has 1 aromatic heterocycles. The number of thiophene rings is 1. The number of hydrogen-bond donors (Lipinski definition) is 0. The largest absolute Gasteiger partial charge is 0.198 e. The van der Waals surface area contributed by atoms with Crippen molar-refractivity contribution < 1.29 is 0 Å². The molecule has 1 rings (SSSR count). The van der Waals surface area contributed by atoms with E-state index in [2.05, 4.69) is 44.0 Å². The Hall–Kier alpha value is 0.500. The van der Waals surface area contributed by atoms with Gasteiger partial charge < -0.3 is 0 Å². The lowest BCUT2D eigenvalue weighted by molar-refractivity contribution is 0.681. The lowest BCUT2D eigenvalue weighted by Gasteiger charge is -1.99. The predicted molar refractivity (Wildman–Crippen MR) is 79.1 cm³/mol. The number of rotatable bonds is 7. The van der Waals surface area contributed by atoms with E-state index in [1.165, 1.54) is 31.7 Å². The molecule has 0 aliphatic rings. The van der Waals surface area contributed by atoms with E-state index < -0.39 is 0 Å². The minimum atomic E-state index is 0.705. The lowest BCUT2D eigenvalue weighted by Crippen LogP contribution is -1.81. The fraction of sp³-hybridized carbons (Fsp3) is 0.545. The lowest BCUT2D eigenvalue weighted by atomic mass is 10.2. The number of unbranched alkanes of at least 4 members (excludes halogenated alkanes) is 4. The van der Waals surface area contributed by atoms with Crippen molar-refractivity contribution in [3.05, 3.63) is 13.6 Å². The summed E-state index contributed by atoms with van der Waals surface area (Å²) < 4.78 is 2.39. The summed E-state index contributed by atoms with van der Waals surface area (Å²) in [5, 5.41) is 8.39. The third kappa shape index (κ3) is 5.72. The maximum atomic E-state index is 8.39. The summed E-state index contributed by atoms with van der Waals surface area (Å²) in [7, 11) is 0. The Morgan fingerprint density at radius 1 is 1.25 bits per heavy atom. The summed E-state index contributed by atoms with van der Waals surface area (Å²) >= 11 is 10.7. The molecule has 0 bridgehead atoms. The van der Waals surface area contributed by atoms with Crippen LogP contribution < -0.4 is 0 Å². The van der Waals surface area contributed by atoms with Crippen molar-refractivity contribution >= 4 is 55.0 Å². The second-order valence-corrected chi connectivity index (χ2v) is 8.25. The van der Waals surface area contributed by atoms with Gasteiger partial charge >= 0.3 is 0 Å². The number of thioether (sulfide) groups is 1. The van der Waals surface area contributed by atoms with E-state index in [9.17, 15) is 0 Å². The number of halogens is 2. The first-order valence-electron chi connectivity index (χ1n) is 5.18. The van der Waals surface area contributed by atoms with Gasteiger partial charge in [0.2, 0.25) is 0 Å². The normalized spacial score (nSPS) is 10.3. The number of nitriles is 1. The van der Waals surface area contributed by atoms with Gasteiger partial charge in [0.05, 0.1) is 13.6 Å². The van der Waals surface area contributed by atoms with Crippen molar-refractivity contribution in [3.8, 4) is 6.07 Å². The van der Waals surface area contributed by atoms with E-state index in [-0.39, 0.29) is 0 Å². The number of nitrogens with zero attached hydrogens (tertiary/aromatic N) is 1. The summed E-state index contributed by atoms with van der Waals surface area (Å²) in [6.07, 6.45) is 5.40. The molecule has 88 valence electrons. The van der Waals surface area contributed by atoms with Gasteiger partial charge in [-0.3, -0.25) is 0 Å². The maximum Gasteiger partial charge on any atom is 0.0846 e. The van der Waals surface area contributed by atoms with Gasteiger partial charge in [0.15, 0.2) is 0 Å². The quantitative estimate of drug-likeness (QED) is 0.436. The van der Waals surface area contributed by atoms with Crippen LogP contribution in [-0.2, 0) is 0 Å². The summed E-state index contributed by atoms with van der Waals surface area (Å²) in [6.45, 7) is 0. The first-order chi connectivity index (χ1) is 7.74. The van der Waals surface area contributed by atoms with Crippen molar-refractivity contribution in [3.63, 3.8) is 0 Å². The Labute approximate surface area is 122 Å². The molecule has 0 fully saturated rings. The predicted octanol–water partition coefficient (Wildman–Crippen LogP) is 5.84. The van der Waals surface area contributed by atoms with E-state index in [1.54, 1.807) is 11.3 Å². The molecule has 0 unspecified atom stereocenters. The maximum absolute atomic E-state index is 8.39. The molecule has 0 N–H and O–H groups in total. The second kappa shape index (κ2) is 8.57. The summed E-state index contributed by atoms with van der Waals surface area (Å²) in [4.78, 5) is 1.33. The molecule has 0 atom stereocenters. The van der Waals surface area contributed by atoms with Crippen LogP contribution >= 0.6 is 55.0 Å².